The Morgan fingerprint density at radius 2 is 2.13 bits per heavy atom. The van der Waals surface area contributed by atoms with Gasteiger partial charge in [-0.1, -0.05) is 6.08 Å². The van der Waals surface area contributed by atoms with E-state index in [2.05, 4.69) is 4.72 Å². The zero-order chi connectivity index (χ0) is 11.5. The highest BCUT2D eigenvalue weighted by Crippen LogP contribution is 2.20. The lowest BCUT2D eigenvalue weighted by atomic mass is 10.3. The molecule has 0 aliphatic carbocycles. The Hall–Kier alpha value is -1.56. The molecule has 4 nitrogen and oxygen atoms in total. The summed E-state index contributed by atoms with van der Waals surface area (Å²) in [6, 6.07) is 3.47. The molecule has 0 spiro atoms. The zero-order valence-electron chi connectivity index (χ0n) is 8.07. The molecule has 1 aromatic carbocycles. The van der Waals surface area contributed by atoms with Crippen molar-refractivity contribution in [3.8, 4) is 0 Å². The lowest BCUT2D eigenvalue weighted by molar-refractivity contribution is 0.609. The number of nitrogen functional groups attached to an aromatic ring is 1. The molecule has 0 atom stereocenters. The van der Waals surface area contributed by atoms with Crippen LogP contribution in [0.4, 0.5) is 15.8 Å². The number of benzene rings is 1. The van der Waals surface area contributed by atoms with Gasteiger partial charge in [0, 0.05) is 11.5 Å². The summed E-state index contributed by atoms with van der Waals surface area (Å²) >= 11 is 0. The smallest absolute Gasteiger partial charge is 0.254 e. The minimum absolute atomic E-state index is 0.0353. The van der Waals surface area contributed by atoms with E-state index in [4.69, 9.17) is 5.73 Å². The van der Waals surface area contributed by atoms with E-state index >= 15 is 0 Å². The van der Waals surface area contributed by atoms with Crippen molar-refractivity contribution in [2.24, 2.45) is 0 Å². The molecule has 0 heterocycles. The van der Waals surface area contributed by atoms with E-state index in [1.54, 1.807) is 6.92 Å². The summed E-state index contributed by atoms with van der Waals surface area (Å²) in [5.41, 5.74) is 5.68. The van der Waals surface area contributed by atoms with Gasteiger partial charge in [0.25, 0.3) is 10.0 Å². The van der Waals surface area contributed by atoms with Crippen molar-refractivity contribution in [1.82, 2.24) is 0 Å². The lowest BCUT2D eigenvalue weighted by Gasteiger charge is -2.07. The standard InChI is InChI=1S/C9H11FN2O2S/c1-2-5-15(13,14)12-9-6-7(10)3-4-8(9)11/h2-6,12H,11H2,1H3/b5-2+. The molecule has 3 N–H and O–H groups in total. The van der Waals surface area contributed by atoms with Crippen LogP contribution in [0.1, 0.15) is 6.92 Å². The zero-order valence-corrected chi connectivity index (χ0v) is 8.88. The quantitative estimate of drug-likeness (QED) is 0.776. The largest absolute Gasteiger partial charge is 0.397 e. The number of hydrogen-bond acceptors (Lipinski definition) is 3. The van der Waals surface area contributed by atoms with Crippen LogP contribution in [-0.2, 0) is 10.0 Å². The Bertz CT molecular complexity index is 483. The summed E-state index contributed by atoms with van der Waals surface area (Å²) in [4.78, 5) is 0. The Kier molecular flexibility index (Phi) is 3.31. The SMILES string of the molecule is C/C=C/S(=O)(=O)Nc1cc(F)ccc1N. The van der Waals surface area contributed by atoms with Crippen LogP contribution in [0.15, 0.2) is 29.7 Å². The normalized spacial score (nSPS) is 11.9. The van der Waals surface area contributed by atoms with Gasteiger partial charge in [-0.3, -0.25) is 4.72 Å². The monoisotopic (exact) mass is 230 g/mol. The second-order valence-corrected chi connectivity index (χ2v) is 4.41. The van der Waals surface area contributed by atoms with Gasteiger partial charge in [0.15, 0.2) is 0 Å². The van der Waals surface area contributed by atoms with Crippen LogP contribution in [0, 0.1) is 5.82 Å². The van der Waals surface area contributed by atoms with E-state index in [0.29, 0.717) is 0 Å². The summed E-state index contributed by atoms with van der Waals surface area (Å²) in [6.45, 7) is 1.56. The van der Waals surface area contributed by atoms with Crippen LogP contribution in [0.2, 0.25) is 0 Å². The number of nitrogens with two attached hydrogens (primary N) is 1. The summed E-state index contributed by atoms with van der Waals surface area (Å²) in [7, 11) is -3.60. The number of sulfonamides is 1. The van der Waals surface area contributed by atoms with Gasteiger partial charge in [-0.2, -0.15) is 0 Å². The molecule has 0 bridgehead atoms. The number of rotatable bonds is 3. The van der Waals surface area contributed by atoms with Crippen LogP contribution in [0.3, 0.4) is 0 Å². The Morgan fingerprint density at radius 3 is 2.73 bits per heavy atom. The molecule has 0 unspecified atom stereocenters. The number of nitrogens with one attached hydrogen (secondary N) is 1. The van der Waals surface area contributed by atoms with Crippen LogP contribution in [0.25, 0.3) is 0 Å². The number of halogens is 1. The minimum Gasteiger partial charge on any atom is -0.397 e. The fourth-order valence-corrected chi connectivity index (χ4v) is 1.89. The van der Waals surface area contributed by atoms with E-state index in [-0.39, 0.29) is 11.4 Å². The third-order valence-electron chi connectivity index (χ3n) is 1.58. The van der Waals surface area contributed by atoms with Gasteiger partial charge in [0.05, 0.1) is 11.4 Å². The van der Waals surface area contributed by atoms with E-state index in [1.165, 1.54) is 12.1 Å². The van der Waals surface area contributed by atoms with Crippen molar-refractivity contribution >= 4 is 21.4 Å². The molecule has 6 heteroatoms. The van der Waals surface area contributed by atoms with Gasteiger partial charge < -0.3 is 5.73 Å². The fraction of sp³-hybridized carbons (Fsp3) is 0.111. The van der Waals surface area contributed by atoms with Crippen molar-refractivity contribution in [1.29, 1.82) is 0 Å². The van der Waals surface area contributed by atoms with Crippen molar-refractivity contribution in [2.75, 3.05) is 10.5 Å². The lowest BCUT2D eigenvalue weighted by Crippen LogP contribution is -2.10. The molecule has 15 heavy (non-hydrogen) atoms. The molecule has 0 saturated heterocycles. The highest BCUT2D eigenvalue weighted by atomic mass is 32.2. The second kappa shape index (κ2) is 4.31. The van der Waals surface area contributed by atoms with Crippen molar-refractivity contribution in [3.63, 3.8) is 0 Å². The third kappa shape index (κ3) is 3.25. The van der Waals surface area contributed by atoms with Gasteiger partial charge in [-0.25, -0.2) is 12.8 Å². The molecule has 0 radical (unpaired) electrons. The molecular weight excluding hydrogens is 219 g/mol. The molecule has 82 valence electrons. The Balaban J connectivity index is 3.04. The third-order valence-corrected chi connectivity index (χ3v) is 2.72. The molecule has 0 saturated carbocycles. The van der Waals surface area contributed by atoms with Gasteiger partial charge >= 0.3 is 0 Å². The first-order valence-corrected chi connectivity index (χ1v) is 5.70. The highest BCUT2D eigenvalue weighted by Gasteiger charge is 2.08. The molecule has 0 amide bonds. The summed E-state index contributed by atoms with van der Waals surface area (Å²) in [5, 5.41) is 0.970. The van der Waals surface area contributed by atoms with Gasteiger partial charge in [-0.15, -0.1) is 0 Å². The van der Waals surface area contributed by atoms with Crippen molar-refractivity contribution in [3.05, 3.63) is 35.5 Å². The van der Waals surface area contributed by atoms with Gasteiger partial charge in [0.2, 0.25) is 0 Å². The second-order valence-electron chi connectivity index (χ2n) is 2.85. The van der Waals surface area contributed by atoms with Crippen molar-refractivity contribution < 1.29 is 12.8 Å². The number of anilines is 2. The van der Waals surface area contributed by atoms with Crippen LogP contribution in [0.5, 0.6) is 0 Å². The predicted molar refractivity (Wildman–Crippen MR) is 58.2 cm³/mol. The predicted octanol–water partition coefficient (Wildman–Crippen LogP) is 1.68. The first-order chi connectivity index (χ1) is 6.94. The van der Waals surface area contributed by atoms with E-state index in [0.717, 1.165) is 17.5 Å². The van der Waals surface area contributed by atoms with Crippen LogP contribution < -0.4 is 10.5 Å². The van der Waals surface area contributed by atoms with Crippen LogP contribution >= 0.6 is 0 Å². The van der Waals surface area contributed by atoms with Gasteiger partial charge in [0.1, 0.15) is 5.82 Å². The molecule has 1 rings (SSSR count). The highest BCUT2D eigenvalue weighted by molar-refractivity contribution is 7.95. The first-order valence-electron chi connectivity index (χ1n) is 4.15. The molecule has 0 aromatic heterocycles. The maximum absolute atomic E-state index is 12.8. The summed E-state index contributed by atoms with van der Waals surface area (Å²) in [6.07, 6.45) is 1.36. The van der Waals surface area contributed by atoms with Crippen molar-refractivity contribution in [2.45, 2.75) is 6.92 Å². The average molecular weight is 230 g/mol. The number of allylic oxidation sites excluding steroid dienone is 1. The summed E-state index contributed by atoms with van der Waals surface area (Å²) < 4.78 is 37.5. The molecule has 0 aliphatic heterocycles. The summed E-state index contributed by atoms with van der Waals surface area (Å²) in [5.74, 6) is -0.553. The van der Waals surface area contributed by atoms with E-state index < -0.39 is 15.8 Å². The van der Waals surface area contributed by atoms with E-state index in [9.17, 15) is 12.8 Å². The molecule has 0 fully saturated rings. The number of hydrogen-bond donors (Lipinski definition) is 2. The first kappa shape index (κ1) is 11.5. The average Bonchev–Trinajstić information content (AvgIpc) is 2.10. The van der Waals surface area contributed by atoms with Crippen LogP contribution in [-0.4, -0.2) is 8.42 Å². The topological polar surface area (TPSA) is 72.2 Å². The fourth-order valence-electron chi connectivity index (χ4n) is 0.983. The maximum Gasteiger partial charge on any atom is 0.254 e. The molecule has 1 aromatic rings. The Morgan fingerprint density at radius 1 is 1.47 bits per heavy atom. The van der Waals surface area contributed by atoms with Gasteiger partial charge in [-0.05, 0) is 19.1 Å². The van der Waals surface area contributed by atoms with E-state index in [1.807, 2.05) is 0 Å². The molecular formula is C9H11FN2O2S. The minimum atomic E-state index is -3.60. The molecule has 0 aliphatic rings. The maximum atomic E-state index is 12.8. The Labute approximate surface area is 87.7 Å².